The lowest BCUT2D eigenvalue weighted by Gasteiger charge is -2.20. The van der Waals surface area contributed by atoms with Crippen LogP contribution in [0.4, 0.5) is 0 Å². The van der Waals surface area contributed by atoms with Gasteiger partial charge in [-0.3, -0.25) is 0 Å². The van der Waals surface area contributed by atoms with E-state index in [0.29, 0.717) is 23.5 Å². The van der Waals surface area contributed by atoms with Gasteiger partial charge < -0.3 is 14.2 Å². The SMILES string of the molecule is CC.Cc1nc(C(C)(C)O)no1.Cc1nc(C2CCC2)no1. The quantitative estimate of drug-likeness (QED) is 0.908. The highest BCUT2D eigenvalue weighted by Gasteiger charge is 2.23. The maximum atomic E-state index is 9.32. The van der Waals surface area contributed by atoms with Crippen LogP contribution in [0.1, 0.15) is 76.3 Å². The first-order valence-corrected chi connectivity index (χ1v) is 7.69. The van der Waals surface area contributed by atoms with Crippen LogP contribution in [0, 0.1) is 13.8 Å². The van der Waals surface area contributed by atoms with Crippen LogP contribution < -0.4 is 0 Å². The van der Waals surface area contributed by atoms with Gasteiger partial charge in [-0.2, -0.15) is 9.97 Å². The second kappa shape index (κ2) is 8.03. The van der Waals surface area contributed by atoms with E-state index in [1.807, 2.05) is 20.8 Å². The minimum absolute atomic E-state index is 0.324. The number of aliphatic hydroxyl groups is 1. The van der Waals surface area contributed by atoms with Crippen LogP contribution in [0.5, 0.6) is 0 Å². The van der Waals surface area contributed by atoms with Gasteiger partial charge in [0.05, 0.1) is 0 Å². The first-order valence-electron chi connectivity index (χ1n) is 7.69. The maximum Gasteiger partial charge on any atom is 0.223 e. The normalized spacial score (nSPS) is 14.3. The summed E-state index contributed by atoms with van der Waals surface area (Å²) < 4.78 is 9.53. The Labute approximate surface area is 131 Å². The zero-order chi connectivity index (χ0) is 16.8. The average Bonchev–Trinajstić information content (AvgIpc) is 2.99. The van der Waals surface area contributed by atoms with Crippen molar-refractivity contribution in [3.05, 3.63) is 23.4 Å². The summed E-state index contributed by atoms with van der Waals surface area (Å²) in [6.07, 6.45) is 3.79. The predicted octanol–water partition coefficient (Wildman–Crippen LogP) is 3.28. The Hall–Kier alpha value is -1.76. The Balaban J connectivity index is 0.000000198. The highest BCUT2D eigenvalue weighted by atomic mass is 16.5. The monoisotopic (exact) mass is 310 g/mol. The summed E-state index contributed by atoms with van der Waals surface area (Å²) in [6, 6.07) is 0. The zero-order valence-electron chi connectivity index (χ0n) is 14.3. The lowest BCUT2D eigenvalue weighted by Crippen LogP contribution is -2.17. The van der Waals surface area contributed by atoms with Gasteiger partial charge in [0.25, 0.3) is 0 Å². The Morgan fingerprint density at radius 3 is 1.82 bits per heavy atom. The van der Waals surface area contributed by atoms with Gasteiger partial charge in [-0.05, 0) is 26.7 Å². The molecule has 1 saturated carbocycles. The summed E-state index contributed by atoms with van der Waals surface area (Å²) in [7, 11) is 0. The third-order valence-corrected chi connectivity index (χ3v) is 3.09. The molecule has 0 atom stereocenters. The van der Waals surface area contributed by atoms with Crippen LogP contribution in [0.25, 0.3) is 0 Å². The fourth-order valence-electron chi connectivity index (χ4n) is 1.69. The minimum Gasteiger partial charge on any atom is -0.382 e. The number of aromatic nitrogens is 4. The van der Waals surface area contributed by atoms with E-state index in [1.54, 1.807) is 20.8 Å². The summed E-state index contributed by atoms with van der Waals surface area (Å²) >= 11 is 0. The standard InChI is InChI=1S/C7H10N2O.C6H10N2O2.C2H6/c1-5-8-7(9-10-5)6-3-2-4-6;1-4-7-5(8-10-4)6(2,3)9;1-2/h6H,2-4H2,1H3;9H,1-3H3;1-2H3. The molecule has 2 heterocycles. The van der Waals surface area contributed by atoms with Gasteiger partial charge in [0, 0.05) is 19.8 Å². The van der Waals surface area contributed by atoms with Crippen molar-refractivity contribution in [2.24, 2.45) is 0 Å². The average molecular weight is 310 g/mol. The molecule has 2 aromatic rings. The van der Waals surface area contributed by atoms with Crippen molar-refractivity contribution >= 4 is 0 Å². The molecular formula is C15H26N4O3. The number of hydrogen-bond acceptors (Lipinski definition) is 7. The fraction of sp³-hybridized carbons (Fsp3) is 0.733. The van der Waals surface area contributed by atoms with E-state index in [-0.39, 0.29) is 0 Å². The molecule has 0 spiro atoms. The lowest BCUT2D eigenvalue weighted by molar-refractivity contribution is 0.0661. The topological polar surface area (TPSA) is 98.1 Å². The molecule has 0 saturated heterocycles. The predicted molar refractivity (Wildman–Crippen MR) is 81.3 cm³/mol. The molecule has 0 bridgehead atoms. The van der Waals surface area contributed by atoms with Crippen molar-refractivity contribution in [1.29, 1.82) is 0 Å². The molecule has 0 radical (unpaired) electrons. The number of nitrogens with zero attached hydrogens (tertiary/aromatic N) is 4. The summed E-state index contributed by atoms with van der Waals surface area (Å²) in [5, 5.41) is 16.7. The third-order valence-electron chi connectivity index (χ3n) is 3.09. The number of aryl methyl sites for hydroxylation is 2. The zero-order valence-corrected chi connectivity index (χ0v) is 14.3. The minimum atomic E-state index is -1.00. The number of hydrogen-bond donors (Lipinski definition) is 1. The Bertz CT molecular complexity index is 553. The largest absolute Gasteiger partial charge is 0.382 e. The molecule has 7 nitrogen and oxygen atoms in total. The van der Waals surface area contributed by atoms with E-state index < -0.39 is 5.60 Å². The van der Waals surface area contributed by atoms with Crippen LogP contribution in [-0.4, -0.2) is 25.4 Å². The van der Waals surface area contributed by atoms with E-state index in [4.69, 9.17) is 4.52 Å². The van der Waals surface area contributed by atoms with Crippen LogP contribution >= 0.6 is 0 Å². The molecule has 1 aliphatic rings. The van der Waals surface area contributed by atoms with E-state index in [0.717, 1.165) is 5.82 Å². The Morgan fingerprint density at radius 2 is 1.55 bits per heavy atom. The first-order chi connectivity index (χ1) is 10.4. The summed E-state index contributed by atoms with van der Waals surface area (Å²) in [6.45, 7) is 10.7. The van der Waals surface area contributed by atoms with Gasteiger partial charge in [0.2, 0.25) is 17.6 Å². The van der Waals surface area contributed by atoms with Gasteiger partial charge in [-0.25, -0.2) is 0 Å². The van der Waals surface area contributed by atoms with Gasteiger partial charge in [-0.15, -0.1) is 0 Å². The summed E-state index contributed by atoms with van der Waals surface area (Å²) in [4.78, 5) is 8.01. The van der Waals surface area contributed by atoms with Crippen LogP contribution in [0.2, 0.25) is 0 Å². The van der Waals surface area contributed by atoms with E-state index in [9.17, 15) is 5.11 Å². The fourth-order valence-corrected chi connectivity index (χ4v) is 1.69. The molecule has 22 heavy (non-hydrogen) atoms. The van der Waals surface area contributed by atoms with Gasteiger partial charge in [-0.1, -0.05) is 30.6 Å². The Kier molecular flexibility index (Phi) is 6.67. The van der Waals surface area contributed by atoms with Crippen LogP contribution in [0.15, 0.2) is 9.05 Å². The van der Waals surface area contributed by atoms with Crippen LogP contribution in [-0.2, 0) is 5.60 Å². The maximum absolute atomic E-state index is 9.32. The second-order valence-corrected chi connectivity index (χ2v) is 5.50. The van der Waals surface area contributed by atoms with Crippen molar-refractivity contribution in [1.82, 2.24) is 20.3 Å². The third kappa shape index (κ3) is 5.22. The van der Waals surface area contributed by atoms with Crippen molar-refractivity contribution < 1.29 is 14.2 Å². The van der Waals surface area contributed by atoms with Crippen LogP contribution in [0.3, 0.4) is 0 Å². The van der Waals surface area contributed by atoms with Crippen molar-refractivity contribution in [3.63, 3.8) is 0 Å². The molecule has 2 aromatic heterocycles. The molecule has 1 N–H and O–H groups in total. The van der Waals surface area contributed by atoms with Crippen molar-refractivity contribution in [2.45, 2.75) is 72.3 Å². The van der Waals surface area contributed by atoms with Gasteiger partial charge >= 0.3 is 0 Å². The smallest absolute Gasteiger partial charge is 0.223 e. The highest BCUT2D eigenvalue weighted by Crippen LogP contribution is 2.34. The van der Waals surface area contributed by atoms with Crippen molar-refractivity contribution in [2.75, 3.05) is 0 Å². The molecule has 124 valence electrons. The molecule has 1 fully saturated rings. The second-order valence-electron chi connectivity index (χ2n) is 5.50. The van der Waals surface area contributed by atoms with E-state index in [1.165, 1.54) is 19.3 Å². The molecular weight excluding hydrogens is 284 g/mol. The molecule has 0 unspecified atom stereocenters. The summed E-state index contributed by atoms with van der Waals surface area (Å²) in [5.41, 5.74) is -1.00. The number of rotatable bonds is 2. The molecule has 1 aliphatic carbocycles. The first kappa shape index (κ1) is 18.3. The van der Waals surface area contributed by atoms with Crippen molar-refractivity contribution in [3.8, 4) is 0 Å². The molecule has 0 aromatic carbocycles. The molecule has 0 amide bonds. The molecule has 0 aliphatic heterocycles. The highest BCUT2D eigenvalue weighted by molar-refractivity contribution is 4.98. The lowest BCUT2D eigenvalue weighted by atomic mass is 9.85. The molecule has 7 heteroatoms. The van der Waals surface area contributed by atoms with Gasteiger partial charge in [0.1, 0.15) is 5.60 Å². The Morgan fingerprint density at radius 1 is 1.00 bits per heavy atom. The van der Waals surface area contributed by atoms with E-state index in [2.05, 4.69) is 24.8 Å². The van der Waals surface area contributed by atoms with Gasteiger partial charge in [0.15, 0.2) is 5.82 Å². The summed E-state index contributed by atoms with van der Waals surface area (Å²) in [5.74, 6) is 2.98. The molecule has 3 rings (SSSR count). The van der Waals surface area contributed by atoms with E-state index >= 15 is 0 Å².